The van der Waals surface area contributed by atoms with Gasteiger partial charge in [0, 0.05) is 6.04 Å². The normalized spacial score (nSPS) is 21.6. The maximum atomic E-state index is 12.0. The Kier molecular flexibility index (Phi) is 4.01. The number of hydrogen-bond donors (Lipinski definition) is 3. The maximum Gasteiger partial charge on any atom is 0.270 e. The average Bonchev–Trinajstić information content (AvgIpc) is 2.37. The van der Waals surface area contributed by atoms with Crippen molar-refractivity contribution < 1.29 is 13.2 Å². The molecule has 1 aromatic rings. The number of amides is 1. The van der Waals surface area contributed by atoms with Gasteiger partial charge in [-0.3, -0.25) is 4.79 Å². The number of carbonyl (C=O) groups is 1. The molecular weight excluding hydrogens is 268 g/mol. The van der Waals surface area contributed by atoms with E-state index in [2.05, 4.69) is 15.7 Å². The molecule has 8 heteroatoms. The third kappa shape index (κ3) is 3.65. The zero-order valence-corrected chi connectivity index (χ0v) is 11.1. The Hall–Kier alpha value is -1.67. The van der Waals surface area contributed by atoms with E-state index in [1.165, 1.54) is 0 Å². The number of nitrogens with one attached hydrogen (secondary N) is 2. The van der Waals surface area contributed by atoms with Gasteiger partial charge in [-0.05, 0) is 25.0 Å². The lowest BCUT2D eigenvalue weighted by Crippen LogP contribution is -2.43. The molecule has 104 valence electrons. The van der Waals surface area contributed by atoms with Gasteiger partial charge in [-0.2, -0.15) is 0 Å². The second-order valence-electron chi connectivity index (χ2n) is 4.48. The lowest BCUT2D eigenvalue weighted by Gasteiger charge is -2.22. The van der Waals surface area contributed by atoms with Crippen LogP contribution >= 0.6 is 0 Å². The Morgan fingerprint density at radius 3 is 2.89 bits per heavy atom. The van der Waals surface area contributed by atoms with E-state index < -0.39 is 9.84 Å². The summed E-state index contributed by atoms with van der Waals surface area (Å²) in [6.07, 6.45) is 1.24. The summed E-state index contributed by atoms with van der Waals surface area (Å²) >= 11 is 0. The van der Waals surface area contributed by atoms with Crippen LogP contribution in [0.15, 0.2) is 18.2 Å². The summed E-state index contributed by atoms with van der Waals surface area (Å²) in [5, 5.41) is 2.69. The van der Waals surface area contributed by atoms with Crippen molar-refractivity contribution in [2.75, 3.05) is 16.9 Å². The van der Waals surface area contributed by atoms with E-state index in [0.717, 1.165) is 0 Å². The number of nitrogens with zero attached hydrogens (tertiary/aromatic N) is 1. The zero-order chi connectivity index (χ0) is 13.9. The van der Waals surface area contributed by atoms with Crippen molar-refractivity contribution in [2.45, 2.75) is 18.9 Å². The summed E-state index contributed by atoms with van der Waals surface area (Å²) in [6, 6.07) is 4.48. The van der Waals surface area contributed by atoms with Crippen LogP contribution < -0.4 is 16.6 Å². The standard InChI is InChI=1S/C11H16N4O3S/c12-15-10-5-1-4-9(14-10)11(16)13-8-3-2-6-19(17,18)7-8/h1,4-5,8H,2-3,6-7,12H2,(H,13,16)(H,14,15). The topological polar surface area (TPSA) is 114 Å². The number of rotatable bonds is 3. The molecule has 0 aromatic carbocycles. The molecule has 1 aliphatic heterocycles. The highest BCUT2D eigenvalue weighted by atomic mass is 32.2. The maximum absolute atomic E-state index is 12.0. The number of anilines is 1. The zero-order valence-electron chi connectivity index (χ0n) is 10.3. The van der Waals surface area contributed by atoms with Crippen LogP contribution in [0.25, 0.3) is 0 Å². The number of carbonyl (C=O) groups excluding carboxylic acids is 1. The van der Waals surface area contributed by atoms with E-state index in [1.807, 2.05) is 0 Å². The number of nitrogens with two attached hydrogens (primary N) is 1. The first-order chi connectivity index (χ1) is 9.00. The molecule has 1 saturated heterocycles. The van der Waals surface area contributed by atoms with Gasteiger partial charge >= 0.3 is 0 Å². The van der Waals surface area contributed by atoms with Gasteiger partial charge < -0.3 is 10.7 Å². The second kappa shape index (κ2) is 5.54. The summed E-state index contributed by atoms with van der Waals surface area (Å²) in [6.45, 7) is 0. The van der Waals surface area contributed by atoms with Gasteiger partial charge in [0.15, 0.2) is 9.84 Å². The molecule has 0 aliphatic carbocycles. The van der Waals surface area contributed by atoms with Crippen LogP contribution in [0.2, 0.25) is 0 Å². The molecular formula is C11H16N4O3S. The molecule has 0 bridgehead atoms. The highest BCUT2D eigenvalue weighted by Crippen LogP contribution is 2.12. The van der Waals surface area contributed by atoms with Crippen molar-refractivity contribution in [3.8, 4) is 0 Å². The van der Waals surface area contributed by atoms with Crippen molar-refractivity contribution >= 4 is 21.6 Å². The summed E-state index contributed by atoms with van der Waals surface area (Å²) in [4.78, 5) is 16.0. The minimum absolute atomic E-state index is 0.00638. The number of pyridine rings is 1. The summed E-state index contributed by atoms with van der Waals surface area (Å²) in [5.74, 6) is 5.40. The molecule has 1 aromatic heterocycles. The van der Waals surface area contributed by atoms with E-state index in [9.17, 15) is 13.2 Å². The quantitative estimate of drug-likeness (QED) is 0.517. The van der Waals surface area contributed by atoms with Crippen LogP contribution in [0.3, 0.4) is 0 Å². The number of hydrazine groups is 1. The summed E-state index contributed by atoms with van der Waals surface area (Å²) < 4.78 is 23.0. The van der Waals surface area contributed by atoms with E-state index in [-0.39, 0.29) is 29.1 Å². The molecule has 7 nitrogen and oxygen atoms in total. The number of nitrogen functional groups attached to an aromatic ring is 1. The smallest absolute Gasteiger partial charge is 0.270 e. The van der Waals surface area contributed by atoms with Crippen LogP contribution in [-0.4, -0.2) is 36.9 Å². The molecule has 2 heterocycles. The van der Waals surface area contributed by atoms with E-state index in [0.29, 0.717) is 18.7 Å². The van der Waals surface area contributed by atoms with Crippen LogP contribution in [0, 0.1) is 0 Å². The molecule has 0 saturated carbocycles. The Morgan fingerprint density at radius 1 is 1.42 bits per heavy atom. The largest absolute Gasteiger partial charge is 0.347 e. The minimum atomic E-state index is -3.04. The fraction of sp³-hybridized carbons (Fsp3) is 0.455. The molecule has 1 atom stereocenters. The molecule has 0 radical (unpaired) electrons. The van der Waals surface area contributed by atoms with Gasteiger partial charge in [-0.1, -0.05) is 6.07 Å². The van der Waals surface area contributed by atoms with Crippen LogP contribution in [-0.2, 0) is 9.84 Å². The molecule has 19 heavy (non-hydrogen) atoms. The minimum Gasteiger partial charge on any atom is -0.347 e. The summed E-state index contributed by atoms with van der Waals surface area (Å²) in [5.41, 5.74) is 2.56. The van der Waals surface area contributed by atoms with Gasteiger partial charge in [-0.15, -0.1) is 0 Å². The Morgan fingerprint density at radius 2 is 2.21 bits per heavy atom. The Bertz CT molecular complexity index is 573. The average molecular weight is 284 g/mol. The molecule has 2 rings (SSSR count). The SMILES string of the molecule is NNc1cccc(C(=O)NC2CCCS(=O)(=O)C2)n1. The van der Waals surface area contributed by atoms with Crippen LogP contribution in [0.1, 0.15) is 23.3 Å². The number of sulfone groups is 1. The van der Waals surface area contributed by atoms with Crippen molar-refractivity contribution in [3.63, 3.8) is 0 Å². The fourth-order valence-electron chi connectivity index (χ4n) is 2.04. The van der Waals surface area contributed by atoms with Crippen molar-refractivity contribution in [1.29, 1.82) is 0 Å². The lowest BCUT2D eigenvalue weighted by atomic mass is 10.2. The van der Waals surface area contributed by atoms with Crippen LogP contribution in [0.5, 0.6) is 0 Å². The van der Waals surface area contributed by atoms with Gasteiger partial charge in [0.1, 0.15) is 11.5 Å². The van der Waals surface area contributed by atoms with E-state index in [1.54, 1.807) is 18.2 Å². The van der Waals surface area contributed by atoms with Gasteiger partial charge in [-0.25, -0.2) is 19.2 Å². The third-order valence-corrected chi connectivity index (χ3v) is 4.75. The molecule has 1 aliphatic rings. The highest BCUT2D eigenvalue weighted by Gasteiger charge is 2.26. The molecule has 1 amide bonds. The predicted octanol–water partition coefficient (Wildman–Crippen LogP) is -0.326. The third-order valence-electron chi connectivity index (χ3n) is 2.93. The Balaban J connectivity index is 2.04. The Labute approximate surface area is 111 Å². The first kappa shape index (κ1) is 13.8. The number of hydrogen-bond acceptors (Lipinski definition) is 6. The van der Waals surface area contributed by atoms with Crippen molar-refractivity contribution in [3.05, 3.63) is 23.9 Å². The molecule has 1 fully saturated rings. The monoisotopic (exact) mass is 284 g/mol. The fourth-order valence-corrected chi connectivity index (χ4v) is 3.67. The van der Waals surface area contributed by atoms with Gasteiger partial charge in [0.25, 0.3) is 5.91 Å². The molecule has 0 spiro atoms. The van der Waals surface area contributed by atoms with Crippen LogP contribution in [0.4, 0.5) is 5.82 Å². The predicted molar refractivity (Wildman–Crippen MR) is 71.2 cm³/mol. The van der Waals surface area contributed by atoms with Gasteiger partial charge in [0.05, 0.1) is 11.5 Å². The van der Waals surface area contributed by atoms with Gasteiger partial charge in [0.2, 0.25) is 0 Å². The first-order valence-electron chi connectivity index (χ1n) is 5.95. The lowest BCUT2D eigenvalue weighted by molar-refractivity contribution is 0.0933. The first-order valence-corrected chi connectivity index (χ1v) is 7.77. The molecule has 1 unspecified atom stereocenters. The molecule has 4 N–H and O–H groups in total. The highest BCUT2D eigenvalue weighted by molar-refractivity contribution is 7.91. The second-order valence-corrected chi connectivity index (χ2v) is 6.71. The van der Waals surface area contributed by atoms with E-state index in [4.69, 9.17) is 5.84 Å². The number of aromatic nitrogens is 1. The van der Waals surface area contributed by atoms with Crippen molar-refractivity contribution in [2.24, 2.45) is 5.84 Å². The summed E-state index contributed by atoms with van der Waals surface area (Å²) in [7, 11) is -3.04. The van der Waals surface area contributed by atoms with E-state index >= 15 is 0 Å². The van der Waals surface area contributed by atoms with Crippen molar-refractivity contribution in [1.82, 2.24) is 10.3 Å².